The highest BCUT2D eigenvalue weighted by Crippen LogP contribution is 2.20. The van der Waals surface area contributed by atoms with E-state index in [-0.39, 0.29) is 0 Å². The molecule has 0 saturated carbocycles. The summed E-state index contributed by atoms with van der Waals surface area (Å²) in [6, 6.07) is 9.12. The van der Waals surface area contributed by atoms with E-state index in [4.69, 9.17) is 4.74 Å². The molecule has 0 bridgehead atoms. The molecule has 1 heterocycles. The van der Waals surface area contributed by atoms with Crippen LogP contribution in [0.3, 0.4) is 0 Å². The van der Waals surface area contributed by atoms with Gasteiger partial charge in [-0.15, -0.1) is 0 Å². The maximum absolute atomic E-state index is 5.21. The van der Waals surface area contributed by atoms with Crippen LogP contribution in [-0.2, 0) is 6.42 Å². The van der Waals surface area contributed by atoms with Crippen LogP contribution in [0.5, 0.6) is 5.75 Å². The van der Waals surface area contributed by atoms with Crippen molar-refractivity contribution in [2.24, 2.45) is 5.92 Å². The highest BCUT2D eigenvalue weighted by molar-refractivity contribution is 5.27. The van der Waals surface area contributed by atoms with Crippen molar-refractivity contribution in [3.05, 3.63) is 29.8 Å². The van der Waals surface area contributed by atoms with E-state index in [1.165, 1.54) is 38.0 Å². The maximum atomic E-state index is 5.21. The van der Waals surface area contributed by atoms with Crippen molar-refractivity contribution in [3.63, 3.8) is 0 Å². The van der Waals surface area contributed by atoms with E-state index in [1.807, 2.05) is 0 Å². The summed E-state index contributed by atoms with van der Waals surface area (Å²) in [5, 5.41) is 3.58. The Balaban J connectivity index is 1.79. The zero-order valence-electron chi connectivity index (χ0n) is 13.8. The normalized spacial score (nSPS) is 21.2. The molecule has 1 N–H and O–H groups in total. The van der Waals surface area contributed by atoms with Crippen LogP contribution in [-0.4, -0.2) is 44.2 Å². The van der Waals surface area contributed by atoms with Gasteiger partial charge in [-0.2, -0.15) is 0 Å². The fourth-order valence-electron chi connectivity index (χ4n) is 3.27. The quantitative estimate of drug-likeness (QED) is 0.835. The zero-order valence-corrected chi connectivity index (χ0v) is 13.8. The number of piperidine rings is 1. The SMILES string of the molecule is CCNC(C)C1CCCN(CCc2ccc(OC)cc2)C1. The van der Waals surface area contributed by atoms with Crippen molar-refractivity contribution in [1.82, 2.24) is 10.2 Å². The van der Waals surface area contributed by atoms with E-state index in [0.717, 1.165) is 24.6 Å². The van der Waals surface area contributed by atoms with Crippen molar-refractivity contribution < 1.29 is 4.74 Å². The Hall–Kier alpha value is -1.06. The van der Waals surface area contributed by atoms with Crippen LogP contribution in [0, 0.1) is 5.92 Å². The largest absolute Gasteiger partial charge is 0.497 e. The molecule has 3 heteroatoms. The smallest absolute Gasteiger partial charge is 0.118 e. The molecule has 2 unspecified atom stereocenters. The fraction of sp³-hybridized carbons (Fsp3) is 0.667. The Morgan fingerprint density at radius 1 is 1.33 bits per heavy atom. The topological polar surface area (TPSA) is 24.5 Å². The molecule has 0 aliphatic carbocycles. The first kappa shape index (κ1) is 16.3. The van der Waals surface area contributed by atoms with Crippen molar-refractivity contribution in [2.45, 2.75) is 39.2 Å². The first-order valence-corrected chi connectivity index (χ1v) is 8.31. The summed E-state index contributed by atoms with van der Waals surface area (Å²) >= 11 is 0. The molecular formula is C18H30N2O. The molecule has 21 heavy (non-hydrogen) atoms. The van der Waals surface area contributed by atoms with Gasteiger partial charge in [0.1, 0.15) is 5.75 Å². The monoisotopic (exact) mass is 290 g/mol. The van der Waals surface area contributed by atoms with E-state index < -0.39 is 0 Å². The van der Waals surface area contributed by atoms with E-state index >= 15 is 0 Å². The predicted molar refractivity (Wildman–Crippen MR) is 89.0 cm³/mol. The van der Waals surface area contributed by atoms with Crippen LogP contribution >= 0.6 is 0 Å². The first-order chi connectivity index (χ1) is 10.2. The van der Waals surface area contributed by atoms with Gasteiger partial charge in [0.25, 0.3) is 0 Å². The van der Waals surface area contributed by atoms with Gasteiger partial charge in [-0.05, 0) is 62.9 Å². The lowest BCUT2D eigenvalue weighted by atomic mass is 9.91. The van der Waals surface area contributed by atoms with Gasteiger partial charge >= 0.3 is 0 Å². The lowest BCUT2D eigenvalue weighted by Gasteiger charge is -2.36. The molecular weight excluding hydrogens is 260 g/mol. The third-order valence-electron chi connectivity index (χ3n) is 4.65. The van der Waals surface area contributed by atoms with Crippen LogP contribution in [0.1, 0.15) is 32.3 Å². The summed E-state index contributed by atoms with van der Waals surface area (Å²) < 4.78 is 5.21. The second-order valence-corrected chi connectivity index (χ2v) is 6.15. The number of hydrogen-bond acceptors (Lipinski definition) is 3. The number of methoxy groups -OCH3 is 1. The minimum absolute atomic E-state index is 0.638. The Bertz CT molecular complexity index is 404. The van der Waals surface area contributed by atoms with Crippen LogP contribution in [0.25, 0.3) is 0 Å². The number of hydrogen-bond donors (Lipinski definition) is 1. The van der Waals surface area contributed by atoms with Gasteiger partial charge in [-0.25, -0.2) is 0 Å². The van der Waals surface area contributed by atoms with Crippen LogP contribution in [0.2, 0.25) is 0 Å². The third kappa shape index (κ3) is 5.01. The van der Waals surface area contributed by atoms with Gasteiger partial charge in [0.05, 0.1) is 7.11 Å². The summed E-state index contributed by atoms with van der Waals surface area (Å²) in [6.07, 6.45) is 3.84. The molecule has 2 rings (SSSR count). The van der Waals surface area contributed by atoms with Crippen LogP contribution in [0.4, 0.5) is 0 Å². The van der Waals surface area contributed by atoms with Gasteiger partial charge in [-0.3, -0.25) is 0 Å². The zero-order chi connectivity index (χ0) is 15.1. The average molecular weight is 290 g/mol. The Morgan fingerprint density at radius 3 is 2.76 bits per heavy atom. The minimum atomic E-state index is 0.638. The van der Waals surface area contributed by atoms with Gasteiger partial charge < -0.3 is 15.0 Å². The van der Waals surface area contributed by atoms with E-state index in [9.17, 15) is 0 Å². The maximum Gasteiger partial charge on any atom is 0.118 e. The highest BCUT2D eigenvalue weighted by Gasteiger charge is 2.23. The molecule has 3 nitrogen and oxygen atoms in total. The molecule has 0 aromatic heterocycles. The molecule has 1 aliphatic heterocycles. The number of nitrogens with one attached hydrogen (secondary N) is 1. The van der Waals surface area contributed by atoms with Crippen LogP contribution in [0.15, 0.2) is 24.3 Å². The molecule has 0 radical (unpaired) electrons. The van der Waals surface area contributed by atoms with Crippen LogP contribution < -0.4 is 10.1 Å². The predicted octanol–water partition coefficient (Wildman–Crippen LogP) is 2.95. The second kappa shape index (κ2) is 8.40. The van der Waals surface area contributed by atoms with Gasteiger partial charge in [0.2, 0.25) is 0 Å². The molecule has 118 valence electrons. The molecule has 0 amide bonds. The van der Waals surface area contributed by atoms with E-state index in [1.54, 1.807) is 7.11 Å². The number of benzene rings is 1. The standard InChI is InChI=1S/C18H30N2O/c1-4-19-15(2)17-6-5-12-20(14-17)13-11-16-7-9-18(21-3)10-8-16/h7-10,15,17,19H,4-6,11-14H2,1-3H3. The van der Waals surface area contributed by atoms with Crippen molar-refractivity contribution >= 4 is 0 Å². The molecule has 1 aromatic carbocycles. The minimum Gasteiger partial charge on any atom is -0.497 e. The first-order valence-electron chi connectivity index (χ1n) is 8.31. The Kier molecular flexibility index (Phi) is 6.52. The molecule has 1 aliphatic rings. The summed E-state index contributed by atoms with van der Waals surface area (Å²) in [5.74, 6) is 1.74. The Labute approximate surface area is 129 Å². The molecule has 1 saturated heterocycles. The second-order valence-electron chi connectivity index (χ2n) is 6.15. The third-order valence-corrected chi connectivity index (χ3v) is 4.65. The van der Waals surface area contributed by atoms with E-state index in [2.05, 4.69) is 48.3 Å². The van der Waals surface area contributed by atoms with Gasteiger partial charge in [0, 0.05) is 19.1 Å². The van der Waals surface area contributed by atoms with Gasteiger partial charge in [0.15, 0.2) is 0 Å². The lowest BCUT2D eigenvalue weighted by Crippen LogP contribution is -2.44. The molecule has 1 fully saturated rings. The fourth-order valence-corrected chi connectivity index (χ4v) is 3.27. The van der Waals surface area contributed by atoms with Gasteiger partial charge in [-0.1, -0.05) is 19.1 Å². The Morgan fingerprint density at radius 2 is 2.10 bits per heavy atom. The summed E-state index contributed by atoms with van der Waals surface area (Å²) in [4.78, 5) is 2.63. The summed E-state index contributed by atoms with van der Waals surface area (Å²) in [6.45, 7) is 9.27. The van der Waals surface area contributed by atoms with Crippen molar-refractivity contribution in [3.8, 4) is 5.75 Å². The van der Waals surface area contributed by atoms with Crippen molar-refractivity contribution in [1.29, 1.82) is 0 Å². The molecule has 2 atom stereocenters. The number of likely N-dealkylation sites (tertiary alicyclic amines) is 1. The molecule has 1 aromatic rings. The van der Waals surface area contributed by atoms with Crippen molar-refractivity contribution in [2.75, 3.05) is 33.3 Å². The number of nitrogens with zero attached hydrogens (tertiary/aromatic N) is 1. The number of ether oxygens (including phenoxy) is 1. The highest BCUT2D eigenvalue weighted by atomic mass is 16.5. The number of rotatable bonds is 7. The lowest BCUT2D eigenvalue weighted by molar-refractivity contribution is 0.153. The summed E-state index contributed by atoms with van der Waals surface area (Å²) in [7, 11) is 1.72. The van der Waals surface area contributed by atoms with E-state index in [0.29, 0.717) is 6.04 Å². The average Bonchev–Trinajstić information content (AvgIpc) is 2.54. The summed E-state index contributed by atoms with van der Waals surface area (Å²) in [5.41, 5.74) is 1.40. The molecule has 0 spiro atoms.